The van der Waals surface area contributed by atoms with Gasteiger partial charge in [-0.05, 0) is 18.4 Å². The molecule has 1 aromatic rings. The minimum atomic E-state index is 0.958. The normalized spacial score (nSPS) is 9.44. The summed E-state index contributed by atoms with van der Waals surface area (Å²) in [4.78, 5) is 0. The molecule has 0 amide bonds. The van der Waals surface area contributed by atoms with Gasteiger partial charge in [0.1, 0.15) is 0 Å². The number of hydrogen-bond donors (Lipinski definition) is 2. The standard InChI is InChI=1S/C8H10.C6H16N2/c1-2-8-6-4-3-5-7-8;1-2-3-4-5-6-8-7/h3-7H,2H2,1H3;8H,2-7H2,1H3. The lowest BCUT2D eigenvalue weighted by Crippen LogP contribution is -2.22. The number of hydrogen-bond acceptors (Lipinski definition) is 2. The summed E-state index contributed by atoms with van der Waals surface area (Å²) in [5.74, 6) is 5.06. The molecule has 2 nitrogen and oxygen atoms in total. The third kappa shape index (κ3) is 9.69. The highest BCUT2D eigenvalue weighted by Gasteiger charge is 1.82. The van der Waals surface area contributed by atoms with Crippen LogP contribution in [0.4, 0.5) is 0 Å². The van der Waals surface area contributed by atoms with E-state index in [0.717, 1.165) is 13.0 Å². The molecule has 1 rings (SSSR count). The predicted molar refractivity (Wildman–Crippen MR) is 72.2 cm³/mol. The summed E-state index contributed by atoms with van der Waals surface area (Å²) in [6.07, 6.45) is 6.29. The van der Waals surface area contributed by atoms with E-state index in [0.29, 0.717) is 0 Å². The lowest BCUT2D eigenvalue weighted by atomic mass is 10.2. The molecule has 0 atom stereocenters. The Hall–Kier alpha value is -0.860. The van der Waals surface area contributed by atoms with Crippen molar-refractivity contribution < 1.29 is 0 Å². The van der Waals surface area contributed by atoms with Gasteiger partial charge in [-0.3, -0.25) is 11.3 Å². The molecule has 0 saturated heterocycles. The molecule has 0 aliphatic carbocycles. The Morgan fingerprint density at radius 3 is 2.12 bits per heavy atom. The lowest BCUT2D eigenvalue weighted by molar-refractivity contribution is 0.613. The van der Waals surface area contributed by atoms with Gasteiger partial charge in [0.05, 0.1) is 0 Å². The number of benzene rings is 1. The van der Waals surface area contributed by atoms with Gasteiger partial charge >= 0.3 is 0 Å². The van der Waals surface area contributed by atoms with E-state index < -0.39 is 0 Å². The lowest BCUT2D eigenvalue weighted by Gasteiger charge is -1.95. The second-order valence-corrected chi connectivity index (χ2v) is 3.85. The van der Waals surface area contributed by atoms with Crippen LogP contribution in [-0.4, -0.2) is 6.54 Å². The molecule has 1 aromatic carbocycles. The average Bonchev–Trinajstić information content (AvgIpc) is 2.36. The highest BCUT2D eigenvalue weighted by molar-refractivity contribution is 5.13. The molecule has 0 heterocycles. The Morgan fingerprint density at radius 2 is 1.69 bits per heavy atom. The summed E-state index contributed by atoms with van der Waals surface area (Å²) in [6, 6.07) is 10.5. The molecule has 92 valence electrons. The van der Waals surface area contributed by atoms with Gasteiger partial charge in [-0.2, -0.15) is 0 Å². The smallest absolute Gasteiger partial charge is 0.00974 e. The van der Waals surface area contributed by atoms with Crippen LogP contribution in [0, 0.1) is 0 Å². The summed E-state index contributed by atoms with van der Waals surface area (Å²) in [6.45, 7) is 5.32. The summed E-state index contributed by atoms with van der Waals surface area (Å²) >= 11 is 0. The molecule has 0 spiro atoms. The fourth-order valence-electron chi connectivity index (χ4n) is 1.37. The first-order valence-electron chi connectivity index (χ1n) is 6.32. The Balaban J connectivity index is 0.000000281. The quantitative estimate of drug-likeness (QED) is 0.440. The average molecular weight is 222 g/mol. The molecule has 0 fully saturated rings. The third-order valence-electron chi connectivity index (χ3n) is 2.43. The molecule has 0 aromatic heterocycles. The van der Waals surface area contributed by atoms with Crippen molar-refractivity contribution in [1.29, 1.82) is 0 Å². The van der Waals surface area contributed by atoms with Gasteiger partial charge < -0.3 is 0 Å². The van der Waals surface area contributed by atoms with Crippen molar-refractivity contribution in [2.75, 3.05) is 6.54 Å². The Bertz CT molecular complexity index is 215. The molecule has 2 heteroatoms. The minimum absolute atomic E-state index is 0.958. The van der Waals surface area contributed by atoms with Crippen LogP contribution in [0.1, 0.15) is 45.1 Å². The van der Waals surface area contributed by atoms with E-state index in [-0.39, 0.29) is 0 Å². The van der Waals surface area contributed by atoms with E-state index in [1.54, 1.807) is 0 Å². The molecule has 0 radical (unpaired) electrons. The van der Waals surface area contributed by atoms with E-state index in [1.165, 1.54) is 31.2 Å². The summed E-state index contributed by atoms with van der Waals surface area (Å²) < 4.78 is 0. The van der Waals surface area contributed by atoms with Crippen molar-refractivity contribution >= 4 is 0 Å². The SMILES string of the molecule is CCCCCCNN.CCc1ccccc1. The first-order chi connectivity index (χ1) is 7.85. The largest absolute Gasteiger partial charge is 0.271 e. The van der Waals surface area contributed by atoms with E-state index in [1.807, 2.05) is 6.07 Å². The van der Waals surface area contributed by atoms with Crippen molar-refractivity contribution in [3.63, 3.8) is 0 Å². The van der Waals surface area contributed by atoms with Gasteiger partial charge in [-0.1, -0.05) is 63.4 Å². The van der Waals surface area contributed by atoms with Crippen LogP contribution < -0.4 is 11.3 Å². The van der Waals surface area contributed by atoms with Crippen molar-refractivity contribution in [3.8, 4) is 0 Å². The van der Waals surface area contributed by atoms with E-state index in [4.69, 9.17) is 5.84 Å². The van der Waals surface area contributed by atoms with Crippen LogP contribution in [-0.2, 0) is 6.42 Å². The molecule has 0 bridgehead atoms. The zero-order valence-corrected chi connectivity index (χ0v) is 10.7. The van der Waals surface area contributed by atoms with Crippen LogP contribution in [0.3, 0.4) is 0 Å². The van der Waals surface area contributed by atoms with Crippen LogP contribution >= 0.6 is 0 Å². The van der Waals surface area contributed by atoms with Crippen molar-refractivity contribution in [1.82, 2.24) is 5.43 Å². The second-order valence-electron chi connectivity index (χ2n) is 3.85. The molecule has 3 N–H and O–H groups in total. The predicted octanol–water partition coefficient (Wildman–Crippen LogP) is 3.28. The van der Waals surface area contributed by atoms with Crippen molar-refractivity contribution in [2.45, 2.75) is 46.0 Å². The zero-order chi connectivity index (χ0) is 12.1. The maximum Gasteiger partial charge on any atom is 0.00974 e. The summed E-state index contributed by atoms with van der Waals surface area (Å²) in [5.41, 5.74) is 4.04. The monoisotopic (exact) mass is 222 g/mol. The summed E-state index contributed by atoms with van der Waals surface area (Å²) in [5, 5.41) is 0. The fourth-order valence-corrected chi connectivity index (χ4v) is 1.37. The van der Waals surface area contributed by atoms with E-state index >= 15 is 0 Å². The van der Waals surface area contributed by atoms with Crippen LogP contribution in [0.5, 0.6) is 0 Å². The fraction of sp³-hybridized carbons (Fsp3) is 0.571. The van der Waals surface area contributed by atoms with Gasteiger partial charge in [0.2, 0.25) is 0 Å². The van der Waals surface area contributed by atoms with Crippen LogP contribution in [0.15, 0.2) is 30.3 Å². The van der Waals surface area contributed by atoms with Gasteiger partial charge in [0, 0.05) is 6.54 Å². The topological polar surface area (TPSA) is 38.0 Å². The maximum absolute atomic E-state index is 5.06. The molecule has 0 aliphatic rings. The van der Waals surface area contributed by atoms with Crippen molar-refractivity contribution in [2.24, 2.45) is 5.84 Å². The molecule has 0 aliphatic heterocycles. The van der Waals surface area contributed by atoms with E-state index in [9.17, 15) is 0 Å². The number of nitrogens with one attached hydrogen (secondary N) is 1. The minimum Gasteiger partial charge on any atom is -0.271 e. The Kier molecular flexibility index (Phi) is 11.6. The number of nitrogens with two attached hydrogens (primary N) is 1. The number of unbranched alkanes of at least 4 members (excludes halogenated alkanes) is 3. The van der Waals surface area contributed by atoms with Gasteiger partial charge in [0.15, 0.2) is 0 Å². The molecular weight excluding hydrogens is 196 g/mol. The Labute approximate surface area is 100 Å². The Morgan fingerprint density at radius 1 is 1.00 bits per heavy atom. The number of hydrazine groups is 1. The van der Waals surface area contributed by atoms with Crippen LogP contribution in [0.2, 0.25) is 0 Å². The molecule has 0 unspecified atom stereocenters. The molecule has 0 saturated carbocycles. The third-order valence-corrected chi connectivity index (χ3v) is 2.43. The number of rotatable bonds is 6. The van der Waals surface area contributed by atoms with E-state index in [2.05, 4.69) is 43.5 Å². The number of aryl methyl sites for hydroxylation is 1. The first-order valence-corrected chi connectivity index (χ1v) is 6.32. The van der Waals surface area contributed by atoms with Gasteiger partial charge in [-0.25, -0.2) is 0 Å². The zero-order valence-electron chi connectivity index (χ0n) is 10.7. The van der Waals surface area contributed by atoms with Crippen molar-refractivity contribution in [3.05, 3.63) is 35.9 Å². The molecule has 16 heavy (non-hydrogen) atoms. The van der Waals surface area contributed by atoms with Gasteiger partial charge in [-0.15, -0.1) is 0 Å². The summed E-state index contributed by atoms with van der Waals surface area (Å²) in [7, 11) is 0. The maximum atomic E-state index is 5.06. The van der Waals surface area contributed by atoms with Crippen LogP contribution in [0.25, 0.3) is 0 Å². The first kappa shape index (κ1) is 15.1. The highest BCUT2D eigenvalue weighted by atomic mass is 15.2. The highest BCUT2D eigenvalue weighted by Crippen LogP contribution is 1.97. The molecular formula is C14H26N2. The van der Waals surface area contributed by atoms with Gasteiger partial charge in [0.25, 0.3) is 0 Å². The second kappa shape index (κ2) is 12.2.